The molecule has 0 amide bonds. The van der Waals surface area contributed by atoms with Gasteiger partial charge in [0.2, 0.25) is 0 Å². The van der Waals surface area contributed by atoms with E-state index in [-0.39, 0.29) is 5.92 Å². The fraction of sp³-hybridized carbons (Fsp3) is 0.417. The Morgan fingerprint density at radius 3 is 2.93 bits per heavy atom. The lowest BCUT2D eigenvalue weighted by molar-refractivity contribution is 0.553. The molecule has 80 valence electrons. The highest BCUT2D eigenvalue weighted by Crippen LogP contribution is 2.11. The summed E-state index contributed by atoms with van der Waals surface area (Å²) in [6.07, 6.45) is 0.905. The van der Waals surface area contributed by atoms with E-state index < -0.39 is 0 Å². The Morgan fingerprint density at radius 2 is 2.33 bits per heavy atom. The molecule has 0 spiro atoms. The monoisotopic (exact) mass is 266 g/mol. The number of hydrogen-bond donors (Lipinski definition) is 1. The van der Waals surface area contributed by atoms with Crippen LogP contribution in [0.25, 0.3) is 0 Å². The van der Waals surface area contributed by atoms with Crippen molar-refractivity contribution in [1.82, 2.24) is 5.32 Å². The normalized spacial score (nSPS) is 12.1. The molecule has 0 aliphatic carbocycles. The van der Waals surface area contributed by atoms with E-state index in [0.29, 0.717) is 0 Å². The summed E-state index contributed by atoms with van der Waals surface area (Å²) in [4.78, 5) is 0. The second kappa shape index (κ2) is 6.60. The molecule has 3 heteroatoms. The van der Waals surface area contributed by atoms with Gasteiger partial charge in [-0.1, -0.05) is 35.0 Å². The molecule has 0 aliphatic heterocycles. The maximum atomic E-state index is 8.77. The average Bonchev–Trinajstić information content (AvgIpc) is 2.25. The van der Waals surface area contributed by atoms with Crippen LogP contribution in [0.3, 0.4) is 0 Å². The van der Waals surface area contributed by atoms with Gasteiger partial charge in [0, 0.05) is 17.6 Å². The van der Waals surface area contributed by atoms with Gasteiger partial charge in [0.05, 0.1) is 12.0 Å². The second-order valence-electron chi connectivity index (χ2n) is 3.50. The lowest BCUT2D eigenvalue weighted by Crippen LogP contribution is -2.21. The zero-order chi connectivity index (χ0) is 11.1. The number of nitriles is 1. The first kappa shape index (κ1) is 12.2. The van der Waals surface area contributed by atoms with Gasteiger partial charge in [-0.25, -0.2) is 0 Å². The molecule has 1 atom stereocenters. The van der Waals surface area contributed by atoms with Crippen LogP contribution in [0.4, 0.5) is 0 Å². The first-order valence-corrected chi connectivity index (χ1v) is 5.90. The summed E-state index contributed by atoms with van der Waals surface area (Å²) in [7, 11) is 0. The fourth-order valence-corrected chi connectivity index (χ4v) is 1.77. The van der Waals surface area contributed by atoms with Crippen LogP contribution in [0.2, 0.25) is 0 Å². The van der Waals surface area contributed by atoms with Gasteiger partial charge in [-0.05, 0) is 24.1 Å². The van der Waals surface area contributed by atoms with Crippen molar-refractivity contribution < 1.29 is 0 Å². The van der Waals surface area contributed by atoms with E-state index in [1.165, 1.54) is 5.56 Å². The molecule has 0 aliphatic rings. The standard InChI is InChI=1S/C12H15BrN2/c1-2-10(7-14)8-15-9-11-4-3-5-12(13)6-11/h3-6,10,15H,2,8-9H2,1H3. The highest BCUT2D eigenvalue weighted by Gasteiger charge is 2.02. The van der Waals surface area contributed by atoms with Crippen LogP contribution >= 0.6 is 15.9 Å². The Labute approximate surface area is 99.4 Å². The van der Waals surface area contributed by atoms with Crippen molar-refractivity contribution in [3.63, 3.8) is 0 Å². The number of halogens is 1. The first-order valence-electron chi connectivity index (χ1n) is 5.11. The predicted molar refractivity (Wildman–Crippen MR) is 65.2 cm³/mol. The Hall–Kier alpha value is -0.850. The Bertz CT molecular complexity index is 344. The maximum absolute atomic E-state index is 8.77. The van der Waals surface area contributed by atoms with Gasteiger partial charge in [0.15, 0.2) is 0 Å². The Morgan fingerprint density at radius 1 is 1.53 bits per heavy atom. The van der Waals surface area contributed by atoms with E-state index in [4.69, 9.17) is 5.26 Å². The smallest absolute Gasteiger partial charge is 0.0669 e. The average molecular weight is 267 g/mol. The van der Waals surface area contributed by atoms with Crippen LogP contribution in [0.1, 0.15) is 18.9 Å². The summed E-state index contributed by atoms with van der Waals surface area (Å²) in [5, 5.41) is 12.1. The van der Waals surface area contributed by atoms with Gasteiger partial charge in [-0.15, -0.1) is 0 Å². The molecular weight excluding hydrogens is 252 g/mol. The van der Waals surface area contributed by atoms with Gasteiger partial charge >= 0.3 is 0 Å². The molecule has 1 unspecified atom stereocenters. The number of nitrogens with one attached hydrogen (secondary N) is 1. The first-order chi connectivity index (χ1) is 7.26. The predicted octanol–water partition coefficient (Wildman–Crippen LogP) is 3.09. The number of hydrogen-bond acceptors (Lipinski definition) is 2. The molecule has 1 N–H and O–H groups in total. The topological polar surface area (TPSA) is 35.8 Å². The van der Waals surface area contributed by atoms with Gasteiger partial charge in [0.25, 0.3) is 0 Å². The van der Waals surface area contributed by atoms with Crippen LogP contribution in [0, 0.1) is 17.2 Å². The van der Waals surface area contributed by atoms with Gasteiger partial charge in [-0.2, -0.15) is 5.26 Å². The van der Waals surface area contributed by atoms with Crippen LogP contribution in [0.5, 0.6) is 0 Å². The molecule has 0 aromatic heterocycles. The van der Waals surface area contributed by atoms with Gasteiger partial charge in [0.1, 0.15) is 0 Å². The van der Waals surface area contributed by atoms with Crippen LogP contribution in [-0.2, 0) is 6.54 Å². The SMILES string of the molecule is CCC(C#N)CNCc1cccc(Br)c1. The second-order valence-corrected chi connectivity index (χ2v) is 4.41. The Balaban J connectivity index is 2.35. The largest absolute Gasteiger partial charge is 0.311 e. The third kappa shape index (κ3) is 4.46. The molecule has 1 aromatic rings. The molecule has 0 saturated carbocycles. The summed E-state index contributed by atoms with van der Waals surface area (Å²) >= 11 is 3.43. The lowest BCUT2D eigenvalue weighted by atomic mass is 10.1. The van der Waals surface area contributed by atoms with E-state index >= 15 is 0 Å². The molecule has 0 bridgehead atoms. The van der Waals surface area contributed by atoms with Crippen LogP contribution in [0.15, 0.2) is 28.7 Å². The molecule has 0 radical (unpaired) electrons. The summed E-state index contributed by atoms with van der Waals surface area (Å²) in [5.41, 5.74) is 1.23. The molecule has 1 aromatic carbocycles. The van der Waals surface area contributed by atoms with Crippen molar-refractivity contribution in [3.8, 4) is 6.07 Å². The fourth-order valence-electron chi connectivity index (χ4n) is 1.32. The minimum absolute atomic E-state index is 0.122. The van der Waals surface area contributed by atoms with E-state index in [9.17, 15) is 0 Å². The molecule has 0 fully saturated rings. The number of nitrogens with zero attached hydrogens (tertiary/aromatic N) is 1. The van der Waals surface area contributed by atoms with Crippen LogP contribution < -0.4 is 5.32 Å². The van der Waals surface area contributed by atoms with E-state index in [1.54, 1.807) is 0 Å². The third-order valence-electron chi connectivity index (χ3n) is 2.28. The molecule has 2 nitrogen and oxygen atoms in total. The van der Waals surface area contributed by atoms with E-state index in [2.05, 4.69) is 39.4 Å². The van der Waals surface area contributed by atoms with Crippen molar-refractivity contribution in [2.24, 2.45) is 5.92 Å². The third-order valence-corrected chi connectivity index (χ3v) is 2.78. The van der Waals surface area contributed by atoms with Crippen molar-refractivity contribution in [2.75, 3.05) is 6.54 Å². The van der Waals surface area contributed by atoms with Gasteiger partial charge in [-0.3, -0.25) is 0 Å². The summed E-state index contributed by atoms with van der Waals surface area (Å²) in [6.45, 7) is 3.62. The highest BCUT2D eigenvalue weighted by atomic mass is 79.9. The quantitative estimate of drug-likeness (QED) is 0.889. The van der Waals surface area contributed by atoms with Crippen molar-refractivity contribution >= 4 is 15.9 Å². The van der Waals surface area contributed by atoms with Gasteiger partial charge < -0.3 is 5.32 Å². The van der Waals surface area contributed by atoms with E-state index in [1.807, 2.05) is 19.1 Å². The molecule has 15 heavy (non-hydrogen) atoms. The minimum Gasteiger partial charge on any atom is -0.311 e. The summed E-state index contributed by atoms with van der Waals surface area (Å²) in [5.74, 6) is 0.122. The molecule has 0 heterocycles. The summed E-state index contributed by atoms with van der Waals surface area (Å²) < 4.78 is 1.09. The lowest BCUT2D eigenvalue weighted by Gasteiger charge is -2.08. The van der Waals surface area contributed by atoms with Crippen molar-refractivity contribution in [2.45, 2.75) is 19.9 Å². The molecule has 0 saturated heterocycles. The number of benzene rings is 1. The molecule has 1 rings (SSSR count). The van der Waals surface area contributed by atoms with Crippen molar-refractivity contribution in [1.29, 1.82) is 5.26 Å². The minimum atomic E-state index is 0.122. The maximum Gasteiger partial charge on any atom is 0.0669 e. The molecular formula is C12H15BrN2. The van der Waals surface area contributed by atoms with Crippen LogP contribution in [-0.4, -0.2) is 6.54 Å². The number of rotatable bonds is 5. The highest BCUT2D eigenvalue weighted by molar-refractivity contribution is 9.10. The Kier molecular flexibility index (Phi) is 5.38. The zero-order valence-electron chi connectivity index (χ0n) is 8.83. The summed E-state index contributed by atoms with van der Waals surface area (Å²) in [6, 6.07) is 10.5. The zero-order valence-corrected chi connectivity index (χ0v) is 10.4. The van der Waals surface area contributed by atoms with E-state index in [0.717, 1.165) is 24.0 Å². The van der Waals surface area contributed by atoms with Crippen molar-refractivity contribution in [3.05, 3.63) is 34.3 Å².